The number of nitrogens with zero attached hydrogens (tertiary/aromatic N) is 1. The normalized spacial score (nSPS) is 11.2. The molecule has 9 nitrogen and oxygen atoms in total. The van der Waals surface area contributed by atoms with Gasteiger partial charge in [0.05, 0.1) is 12.2 Å². The maximum absolute atomic E-state index is 12.5. The molecule has 2 amide bonds. The zero-order chi connectivity index (χ0) is 27.7. The van der Waals surface area contributed by atoms with Crippen LogP contribution in [0.4, 0.5) is 10.5 Å². The third-order valence-corrected chi connectivity index (χ3v) is 5.63. The van der Waals surface area contributed by atoms with Crippen molar-refractivity contribution in [1.82, 2.24) is 5.32 Å². The van der Waals surface area contributed by atoms with Crippen LogP contribution in [-0.2, 0) is 11.3 Å². The fourth-order valence-corrected chi connectivity index (χ4v) is 3.71. The third kappa shape index (κ3) is 7.42. The van der Waals surface area contributed by atoms with Crippen LogP contribution in [0.2, 0.25) is 0 Å². The van der Waals surface area contributed by atoms with Crippen LogP contribution in [-0.4, -0.2) is 42.1 Å². The van der Waals surface area contributed by atoms with E-state index in [1.54, 1.807) is 43.3 Å². The second kappa shape index (κ2) is 13.0. The van der Waals surface area contributed by atoms with Gasteiger partial charge in [0.15, 0.2) is 0 Å². The highest BCUT2D eigenvalue weighted by molar-refractivity contribution is 6.03. The molecule has 3 aromatic rings. The Morgan fingerprint density at radius 1 is 0.974 bits per heavy atom. The molecule has 0 aliphatic rings. The first kappa shape index (κ1) is 27.9. The lowest BCUT2D eigenvalue weighted by atomic mass is 9.93. The Hall–Kier alpha value is -4.66. The maximum Gasteiger partial charge on any atom is 0.435 e. The van der Waals surface area contributed by atoms with Crippen LogP contribution in [0, 0.1) is 5.92 Å². The maximum atomic E-state index is 12.5. The van der Waals surface area contributed by atoms with Crippen molar-refractivity contribution in [1.29, 1.82) is 0 Å². The minimum atomic E-state index is -1.11. The molecule has 38 heavy (non-hydrogen) atoms. The number of hydrogen-bond acceptors (Lipinski definition) is 5. The molecule has 0 atom stereocenters. The van der Waals surface area contributed by atoms with Gasteiger partial charge < -0.3 is 26.2 Å². The molecule has 0 bridgehead atoms. The van der Waals surface area contributed by atoms with Crippen LogP contribution in [0.3, 0.4) is 0 Å². The standard InChI is InChI=1S/C29H32N4O5/c1-4-38-29(37)33-26(30)19-9-12-22(13-10-19)31-17-21-7-5-6-8-23(21)24-14-11-20(15-25(24)28(35)36)27(34)32-16-18(2)3/h5-15,18,31H,4,16-17H2,1-3H3,(H,32,34)(H,35,36)(H2,30,33,37). The quantitative estimate of drug-likeness (QED) is 0.221. The number of anilines is 1. The van der Waals surface area contributed by atoms with Gasteiger partial charge in [-0.1, -0.05) is 44.2 Å². The second-order valence-electron chi connectivity index (χ2n) is 8.95. The number of aliphatic imine (C=N–C) groups is 1. The average molecular weight is 517 g/mol. The summed E-state index contributed by atoms with van der Waals surface area (Å²) in [5, 5.41) is 16.0. The molecule has 3 aromatic carbocycles. The molecule has 198 valence electrons. The predicted molar refractivity (Wildman–Crippen MR) is 148 cm³/mol. The van der Waals surface area contributed by atoms with E-state index in [9.17, 15) is 19.5 Å². The first-order chi connectivity index (χ1) is 18.2. The molecule has 0 heterocycles. The molecule has 0 saturated carbocycles. The SMILES string of the molecule is CCOC(=O)N=C(N)c1ccc(NCc2ccccc2-c2ccc(C(=O)NCC(C)C)cc2C(=O)O)cc1. The summed E-state index contributed by atoms with van der Waals surface area (Å²) in [4.78, 5) is 39.8. The minimum Gasteiger partial charge on any atom is -0.478 e. The summed E-state index contributed by atoms with van der Waals surface area (Å²) in [6, 6.07) is 19.3. The number of amides is 2. The molecule has 0 saturated heterocycles. The van der Waals surface area contributed by atoms with Crippen molar-refractivity contribution in [3.63, 3.8) is 0 Å². The number of aromatic carboxylic acids is 1. The topological polar surface area (TPSA) is 143 Å². The summed E-state index contributed by atoms with van der Waals surface area (Å²) in [5.41, 5.74) is 9.74. The number of hydrogen-bond donors (Lipinski definition) is 4. The molecule has 0 aromatic heterocycles. The molecule has 0 fully saturated rings. The van der Waals surface area contributed by atoms with Gasteiger partial charge in [0, 0.05) is 29.9 Å². The summed E-state index contributed by atoms with van der Waals surface area (Å²) < 4.78 is 4.78. The van der Waals surface area contributed by atoms with E-state index in [4.69, 9.17) is 10.5 Å². The Morgan fingerprint density at radius 2 is 1.66 bits per heavy atom. The monoisotopic (exact) mass is 516 g/mol. The summed E-state index contributed by atoms with van der Waals surface area (Å²) in [6.07, 6.45) is -0.742. The lowest BCUT2D eigenvalue weighted by Gasteiger charge is -2.15. The molecular weight excluding hydrogens is 484 g/mol. The lowest BCUT2D eigenvalue weighted by molar-refractivity contribution is 0.0697. The molecule has 0 spiro atoms. The molecule has 3 rings (SSSR count). The van der Waals surface area contributed by atoms with Crippen molar-refractivity contribution in [2.75, 3.05) is 18.5 Å². The summed E-state index contributed by atoms with van der Waals surface area (Å²) >= 11 is 0. The first-order valence-electron chi connectivity index (χ1n) is 12.3. The number of nitrogens with one attached hydrogen (secondary N) is 2. The number of ether oxygens (including phenoxy) is 1. The number of carboxylic acids is 1. The molecule has 0 radical (unpaired) electrons. The molecule has 5 N–H and O–H groups in total. The minimum absolute atomic E-state index is 0.0513. The van der Waals surface area contributed by atoms with E-state index in [2.05, 4.69) is 15.6 Å². The van der Waals surface area contributed by atoms with Crippen molar-refractivity contribution >= 4 is 29.5 Å². The van der Waals surface area contributed by atoms with Gasteiger partial charge in [-0.05, 0) is 65.9 Å². The van der Waals surface area contributed by atoms with E-state index in [0.717, 1.165) is 16.8 Å². The van der Waals surface area contributed by atoms with Gasteiger partial charge in [-0.3, -0.25) is 4.79 Å². The molecule has 0 aliphatic heterocycles. The van der Waals surface area contributed by atoms with Crippen LogP contribution < -0.4 is 16.4 Å². The van der Waals surface area contributed by atoms with Crippen molar-refractivity contribution in [2.24, 2.45) is 16.6 Å². The number of nitrogens with two attached hydrogens (primary N) is 1. The number of carbonyl (C=O) groups is 3. The average Bonchev–Trinajstić information content (AvgIpc) is 2.90. The van der Waals surface area contributed by atoms with Crippen molar-refractivity contribution in [2.45, 2.75) is 27.3 Å². The van der Waals surface area contributed by atoms with Crippen LogP contribution in [0.25, 0.3) is 11.1 Å². The second-order valence-corrected chi connectivity index (χ2v) is 8.95. The van der Waals surface area contributed by atoms with Crippen LogP contribution in [0.15, 0.2) is 71.7 Å². The Balaban J connectivity index is 1.80. The van der Waals surface area contributed by atoms with Gasteiger partial charge in [0.25, 0.3) is 5.91 Å². The number of carbonyl (C=O) groups excluding carboxylic acids is 2. The van der Waals surface area contributed by atoms with E-state index in [-0.39, 0.29) is 29.8 Å². The Labute approximate surface area is 221 Å². The summed E-state index contributed by atoms with van der Waals surface area (Å²) in [6.45, 7) is 6.79. The predicted octanol–water partition coefficient (Wildman–Crippen LogP) is 4.91. The first-order valence-corrected chi connectivity index (χ1v) is 12.3. The Kier molecular flexibility index (Phi) is 9.59. The van der Waals surface area contributed by atoms with E-state index in [1.807, 2.05) is 38.1 Å². The molecule has 0 aliphatic carbocycles. The van der Waals surface area contributed by atoms with E-state index in [1.165, 1.54) is 6.07 Å². The number of rotatable bonds is 10. The van der Waals surface area contributed by atoms with Crippen molar-refractivity contribution in [3.8, 4) is 11.1 Å². The largest absolute Gasteiger partial charge is 0.478 e. The number of carboxylic acid groups (broad SMARTS) is 1. The van der Waals surface area contributed by atoms with Gasteiger partial charge in [-0.15, -0.1) is 0 Å². The van der Waals surface area contributed by atoms with Gasteiger partial charge in [-0.25, -0.2) is 9.59 Å². The van der Waals surface area contributed by atoms with Crippen molar-refractivity contribution in [3.05, 3.63) is 89.0 Å². The zero-order valence-corrected chi connectivity index (χ0v) is 21.7. The number of amidine groups is 1. The van der Waals surface area contributed by atoms with Crippen LogP contribution in [0.5, 0.6) is 0 Å². The van der Waals surface area contributed by atoms with Gasteiger partial charge in [0.1, 0.15) is 5.84 Å². The van der Waals surface area contributed by atoms with E-state index < -0.39 is 12.1 Å². The Morgan fingerprint density at radius 3 is 2.32 bits per heavy atom. The van der Waals surface area contributed by atoms with Gasteiger partial charge in [-0.2, -0.15) is 4.99 Å². The smallest absolute Gasteiger partial charge is 0.435 e. The zero-order valence-electron chi connectivity index (χ0n) is 21.7. The lowest BCUT2D eigenvalue weighted by Crippen LogP contribution is -2.27. The summed E-state index contributed by atoms with van der Waals surface area (Å²) in [7, 11) is 0. The highest BCUT2D eigenvalue weighted by Crippen LogP contribution is 2.29. The molecular formula is C29H32N4O5. The van der Waals surface area contributed by atoms with Crippen molar-refractivity contribution < 1.29 is 24.2 Å². The summed E-state index contributed by atoms with van der Waals surface area (Å²) in [5.74, 6) is -1.08. The number of benzene rings is 3. The van der Waals surface area contributed by atoms with E-state index >= 15 is 0 Å². The highest BCUT2D eigenvalue weighted by Gasteiger charge is 2.18. The van der Waals surface area contributed by atoms with Crippen LogP contribution in [0.1, 0.15) is 52.6 Å². The fraction of sp³-hybridized carbons (Fsp3) is 0.241. The third-order valence-electron chi connectivity index (χ3n) is 5.63. The van der Waals surface area contributed by atoms with E-state index in [0.29, 0.717) is 29.8 Å². The van der Waals surface area contributed by atoms with Crippen LogP contribution >= 0.6 is 0 Å². The molecule has 0 unspecified atom stereocenters. The highest BCUT2D eigenvalue weighted by atomic mass is 16.5. The molecule has 9 heteroatoms. The fourth-order valence-electron chi connectivity index (χ4n) is 3.71. The van der Waals surface area contributed by atoms with Gasteiger partial charge >= 0.3 is 12.1 Å². The van der Waals surface area contributed by atoms with Gasteiger partial charge in [0.2, 0.25) is 0 Å². The Bertz CT molecular complexity index is 1330.